The normalized spacial score (nSPS) is 17.1. The Hall–Kier alpha value is -4.38. The molecule has 0 bridgehead atoms. The Labute approximate surface area is 255 Å². The zero-order valence-electron chi connectivity index (χ0n) is 23.1. The minimum absolute atomic E-state index is 0.0923. The maximum absolute atomic E-state index is 13.6. The maximum Gasteiger partial charge on any atom is 0.343 e. The summed E-state index contributed by atoms with van der Waals surface area (Å²) < 4.78 is 6.85. The number of para-hydroxylation sites is 1. The third-order valence-electron chi connectivity index (χ3n) is 7.93. The fourth-order valence-corrected chi connectivity index (χ4v) is 7.48. The molecule has 0 unspecified atom stereocenters. The SMILES string of the molecule is CC[C@@]1(O)C(=O)OCc2c1cc1n(c2=O)Cc2c-1nc1ccccc1c2C=Nc1ccc(SSc2ccc(N)cc2)cc1. The number of fused-ring (bicyclic) bond motifs is 5. The number of rotatable bonds is 6. The highest BCUT2D eigenvalue weighted by molar-refractivity contribution is 8.76. The topological polar surface area (TPSA) is 120 Å². The number of aliphatic hydroxyl groups is 1. The van der Waals surface area contributed by atoms with Crippen molar-refractivity contribution < 1.29 is 14.6 Å². The lowest BCUT2D eigenvalue weighted by Gasteiger charge is -2.31. The molecule has 43 heavy (non-hydrogen) atoms. The van der Waals surface area contributed by atoms with Crippen molar-refractivity contribution in [2.45, 2.75) is 41.9 Å². The first-order valence-corrected chi connectivity index (χ1v) is 15.9. The van der Waals surface area contributed by atoms with Gasteiger partial charge in [0.2, 0.25) is 0 Å². The van der Waals surface area contributed by atoms with E-state index in [4.69, 9.17) is 20.4 Å². The van der Waals surface area contributed by atoms with E-state index in [2.05, 4.69) is 0 Å². The van der Waals surface area contributed by atoms with Crippen LogP contribution in [0, 0.1) is 0 Å². The van der Waals surface area contributed by atoms with Gasteiger partial charge in [0, 0.05) is 43.8 Å². The summed E-state index contributed by atoms with van der Waals surface area (Å²) in [4.78, 5) is 38.1. The van der Waals surface area contributed by atoms with Gasteiger partial charge in [0.1, 0.15) is 6.61 Å². The van der Waals surface area contributed by atoms with Gasteiger partial charge < -0.3 is 20.1 Å². The first-order chi connectivity index (χ1) is 20.9. The summed E-state index contributed by atoms with van der Waals surface area (Å²) in [7, 11) is 3.33. The number of carbonyl (C=O) groups excluding carboxylic acids is 1. The van der Waals surface area contributed by atoms with E-state index in [0.29, 0.717) is 29.1 Å². The molecule has 2 aliphatic rings. The quantitative estimate of drug-likeness (QED) is 0.0994. The third-order valence-corrected chi connectivity index (χ3v) is 10.4. The zero-order chi connectivity index (χ0) is 29.7. The van der Waals surface area contributed by atoms with Crippen LogP contribution in [-0.4, -0.2) is 26.8 Å². The number of nitrogens with zero attached hydrogens (tertiary/aromatic N) is 3. The van der Waals surface area contributed by atoms with E-state index >= 15 is 0 Å². The second kappa shape index (κ2) is 10.7. The van der Waals surface area contributed by atoms with Crippen molar-refractivity contribution >= 4 is 56.0 Å². The fourth-order valence-electron chi connectivity index (χ4n) is 5.55. The lowest BCUT2D eigenvalue weighted by molar-refractivity contribution is -0.172. The van der Waals surface area contributed by atoms with Crippen LogP contribution in [0.25, 0.3) is 22.3 Å². The number of benzene rings is 3. The highest BCUT2D eigenvalue weighted by Crippen LogP contribution is 2.41. The van der Waals surface area contributed by atoms with E-state index in [1.165, 1.54) is 0 Å². The summed E-state index contributed by atoms with van der Waals surface area (Å²) in [5, 5.41) is 12.1. The Morgan fingerprint density at radius 3 is 2.44 bits per heavy atom. The molecule has 5 aromatic rings. The van der Waals surface area contributed by atoms with E-state index in [0.717, 1.165) is 43.2 Å². The average molecular weight is 607 g/mol. The van der Waals surface area contributed by atoms with Gasteiger partial charge >= 0.3 is 5.97 Å². The maximum atomic E-state index is 13.6. The van der Waals surface area contributed by atoms with Crippen LogP contribution in [0.2, 0.25) is 0 Å². The van der Waals surface area contributed by atoms with E-state index in [9.17, 15) is 14.7 Å². The van der Waals surface area contributed by atoms with E-state index < -0.39 is 11.6 Å². The lowest BCUT2D eigenvalue weighted by atomic mass is 9.86. The molecule has 0 aliphatic carbocycles. The van der Waals surface area contributed by atoms with Crippen molar-refractivity contribution in [3.05, 3.63) is 111 Å². The van der Waals surface area contributed by atoms with Crippen LogP contribution in [0.5, 0.6) is 0 Å². The molecule has 0 fully saturated rings. The number of hydrogen-bond acceptors (Lipinski definition) is 9. The second-order valence-corrected chi connectivity index (χ2v) is 12.7. The van der Waals surface area contributed by atoms with Crippen LogP contribution < -0.4 is 11.3 Å². The Bertz CT molecular complexity index is 2010. The van der Waals surface area contributed by atoms with E-state index in [1.807, 2.05) is 79.0 Å². The first-order valence-electron chi connectivity index (χ1n) is 13.8. The molecule has 0 spiro atoms. The van der Waals surface area contributed by atoms with Crippen LogP contribution >= 0.6 is 21.6 Å². The average Bonchev–Trinajstić information content (AvgIpc) is 3.40. The van der Waals surface area contributed by atoms with Gasteiger partial charge in [-0.1, -0.05) is 46.7 Å². The van der Waals surface area contributed by atoms with Crippen molar-refractivity contribution in [3.63, 3.8) is 0 Å². The van der Waals surface area contributed by atoms with Gasteiger partial charge in [0.05, 0.1) is 34.7 Å². The molecular formula is C33H26N4O4S2. The molecule has 3 aromatic carbocycles. The fraction of sp³-hybridized carbons (Fsp3) is 0.152. The molecule has 4 heterocycles. The molecule has 0 radical (unpaired) electrons. The largest absolute Gasteiger partial charge is 0.458 e. The first kappa shape index (κ1) is 27.5. The number of ether oxygens (including phenoxy) is 1. The van der Waals surface area contributed by atoms with Gasteiger partial charge in [-0.05, 0) is 67.1 Å². The van der Waals surface area contributed by atoms with Crippen molar-refractivity contribution in [1.82, 2.24) is 9.55 Å². The van der Waals surface area contributed by atoms with Crippen LogP contribution in [-0.2, 0) is 28.3 Å². The third kappa shape index (κ3) is 4.71. The molecule has 214 valence electrons. The van der Waals surface area contributed by atoms with Crippen molar-refractivity contribution in [2.24, 2.45) is 4.99 Å². The van der Waals surface area contributed by atoms with Gasteiger partial charge in [0.25, 0.3) is 5.56 Å². The summed E-state index contributed by atoms with van der Waals surface area (Å²) in [6.07, 6.45) is 1.93. The Morgan fingerprint density at radius 1 is 1.02 bits per heavy atom. The molecule has 2 aliphatic heterocycles. The molecule has 0 saturated heterocycles. The number of pyridine rings is 2. The molecule has 8 nitrogen and oxygen atoms in total. The molecule has 3 N–H and O–H groups in total. The smallest absolute Gasteiger partial charge is 0.343 e. The summed E-state index contributed by atoms with van der Waals surface area (Å²) in [5.74, 6) is -0.738. The lowest BCUT2D eigenvalue weighted by Crippen LogP contribution is -2.44. The number of carbonyl (C=O) groups is 1. The van der Waals surface area contributed by atoms with Crippen molar-refractivity contribution in [2.75, 3.05) is 5.73 Å². The van der Waals surface area contributed by atoms with Gasteiger partial charge in [-0.15, -0.1) is 0 Å². The minimum atomic E-state index is -1.87. The molecule has 7 rings (SSSR count). The monoisotopic (exact) mass is 606 g/mol. The Balaban J connectivity index is 1.24. The molecular weight excluding hydrogens is 581 g/mol. The van der Waals surface area contributed by atoms with Crippen molar-refractivity contribution in [1.29, 1.82) is 0 Å². The molecule has 10 heteroatoms. The standard InChI is InChI=1S/C33H26N4O4S2/c1-2-33(40)27-15-29-30-25(17-37(29)31(38)26(27)18-41-32(33)39)24(23-5-3-4-6-28(23)36-30)16-35-20-9-13-22(14-10-20)43-42-21-11-7-19(34)8-12-21/h3-16,40H,2,17-18,34H2,1H3/t33-/m0/s1. The van der Waals surface area contributed by atoms with Crippen LogP contribution in [0.3, 0.4) is 0 Å². The minimum Gasteiger partial charge on any atom is -0.458 e. The number of hydrogen-bond donors (Lipinski definition) is 2. The van der Waals surface area contributed by atoms with Gasteiger partial charge in [-0.2, -0.15) is 0 Å². The number of anilines is 1. The number of cyclic esters (lactones) is 1. The number of nitrogen functional groups attached to an aromatic ring is 1. The molecule has 0 saturated carbocycles. The molecule has 2 aromatic heterocycles. The summed E-state index contributed by atoms with van der Waals surface area (Å²) in [5.41, 5.74) is 9.47. The Morgan fingerprint density at radius 2 is 1.72 bits per heavy atom. The van der Waals surface area contributed by atoms with Gasteiger partial charge in [-0.3, -0.25) is 9.79 Å². The van der Waals surface area contributed by atoms with E-state index in [-0.39, 0.29) is 18.6 Å². The van der Waals surface area contributed by atoms with Crippen LogP contribution in [0.1, 0.15) is 35.6 Å². The number of aliphatic imine (C=N–C) groups is 1. The van der Waals surface area contributed by atoms with Crippen molar-refractivity contribution in [3.8, 4) is 11.4 Å². The van der Waals surface area contributed by atoms with Crippen LogP contribution in [0.4, 0.5) is 11.4 Å². The van der Waals surface area contributed by atoms with Gasteiger partial charge in [0.15, 0.2) is 5.60 Å². The highest BCUT2D eigenvalue weighted by Gasteiger charge is 2.45. The predicted molar refractivity (Wildman–Crippen MR) is 171 cm³/mol. The second-order valence-electron chi connectivity index (χ2n) is 10.5. The predicted octanol–water partition coefficient (Wildman–Crippen LogP) is 6.21. The Kier molecular flexibility index (Phi) is 6.84. The van der Waals surface area contributed by atoms with Gasteiger partial charge in [-0.25, -0.2) is 9.78 Å². The summed E-state index contributed by atoms with van der Waals surface area (Å²) >= 11 is 0. The highest BCUT2D eigenvalue weighted by atomic mass is 33.1. The van der Waals surface area contributed by atoms with Crippen LogP contribution in [0.15, 0.2) is 98.4 Å². The summed E-state index contributed by atoms with van der Waals surface area (Å²) in [6.45, 7) is 1.83. The number of nitrogens with two attached hydrogens (primary N) is 1. The molecule has 1 atom stereocenters. The number of aromatic nitrogens is 2. The zero-order valence-corrected chi connectivity index (χ0v) is 24.7. The molecule has 0 amide bonds. The summed E-state index contributed by atoms with van der Waals surface area (Å²) in [6, 6.07) is 25.3. The van der Waals surface area contributed by atoms with E-state index in [1.54, 1.807) is 39.1 Å². The number of esters is 1.